The Kier molecular flexibility index (Phi) is 8.95. The van der Waals surface area contributed by atoms with E-state index < -0.39 is 0 Å². The number of unbranched alkanes of at least 4 members (excludes halogenated alkanes) is 1. The first-order chi connectivity index (χ1) is 12.7. The molecule has 0 aliphatic rings. The van der Waals surface area contributed by atoms with E-state index in [1.807, 2.05) is 24.3 Å². The van der Waals surface area contributed by atoms with Crippen LogP contribution in [0.2, 0.25) is 0 Å². The lowest BCUT2D eigenvalue weighted by Gasteiger charge is -2.19. The normalized spacial score (nSPS) is 13.2. The highest BCUT2D eigenvalue weighted by atomic mass is 16.1. The first-order valence-corrected chi connectivity index (χ1v) is 10.0. The zero-order chi connectivity index (χ0) is 18.6. The van der Waals surface area contributed by atoms with Gasteiger partial charge in [-0.15, -0.1) is 0 Å². The molecule has 140 valence electrons. The van der Waals surface area contributed by atoms with Crippen LogP contribution in [0.5, 0.6) is 0 Å². The highest BCUT2D eigenvalue weighted by Gasteiger charge is 2.19. The molecule has 26 heavy (non-hydrogen) atoms. The maximum absolute atomic E-state index is 12.8. The average Bonchev–Trinajstić information content (AvgIpc) is 2.69. The summed E-state index contributed by atoms with van der Waals surface area (Å²) in [6.45, 7) is 5.23. The van der Waals surface area contributed by atoms with Gasteiger partial charge < -0.3 is 5.32 Å². The summed E-state index contributed by atoms with van der Waals surface area (Å²) in [4.78, 5) is 12.8. The Labute approximate surface area is 159 Å². The molecule has 2 aromatic carbocycles. The number of amides is 1. The third-order valence-corrected chi connectivity index (χ3v) is 5.00. The second-order valence-electron chi connectivity index (χ2n) is 7.40. The van der Waals surface area contributed by atoms with Gasteiger partial charge in [-0.1, -0.05) is 87.4 Å². The molecule has 0 aliphatic heterocycles. The van der Waals surface area contributed by atoms with Gasteiger partial charge in [-0.05, 0) is 42.7 Å². The summed E-state index contributed by atoms with van der Waals surface area (Å²) in [5.74, 6) is 0.773. The van der Waals surface area contributed by atoms with E-state index >= 15 is 0 Å². The van der Waals surface area contributed by atoms with Crippen molar-refractivity contribution in [3.05, 3.63) is 71.8 Å². The summed E-state index contributed by atoms with van der Waals surface area (Å²) in [7, 11) is 0. The third-order valence-electron chi connectivity index (χ3n) is 5.00. The molecule has 0 fully saturated rings. The van der Waals surface area contributed by atoms with Crippen LogP contribution in [0.25, 0.3) is 0 Å². The molecule has 0 spiro atoms. The minimum atomic E-state index is 0.0241. The van der Waals surface area contributed by atoms with E-state index in [-0.39, 0.29) is 11.8 Å². The lowest BCUT2D eigenvalue weighted by atomic mass is 9.92. The van der Waals surface area contributed by atoms with Crippen LogP contribution in [0, 0.1) is 11.8 Å². The third kappa shape index (κ3) is 7.43. The minimum Gasteiger partial charge on any atom is -0.356 e. The molecule has 2 aromatic rings. The van der Waals surface area contributed by atoms with E-state index in [4.69, 9.17) is 0 Å². The second kappa shape index (κ2) is 11.5. The van der Waals surface area contributed by atoms with Crippen LogP contribution in [-0.2, 0) is 17.6 Å². The molecule has 1 N–H and O–H groups in total. The fourth-order valence-electron chi connectivity index (χ4n) is 3.28. The van der Waals surface area contributed by atoms with Crippen LogP contribution in [-0.4, -0.2) is 12.5 Å². The molecule has 2 nitrogen and oxygen atoms in total. The molecule has 1 unspecified atom stereocenters. The van der Waals surface area contributed by atoms with Crippen molar-refractivity contribution in [2.24, 2.45) is 11.8 Å². The van der Waals surface area contributed by atoms with E-state index in [0.29, 0.717) is 5.92 Å². The van der Waals surface area contributed by atoms with Crippen molar-refractivity contribution in [2.75, 3.05) is 6.54 Å². The molecular weight excluding hydrogens is 318 g/mol. The van der Waals surface area contributed by atoms with Crippen LogP contribution in [0.15, 0.2) is 60.7 Å². The summed E-state index contributed by atoms with van der Waals surface area (Å²) in [6, 6.07) is 20.8. The van der Waals surface area contributed by atoms with Crippen molar-refractivity contribution in [3.63, 3.8) is 0 Å². The highest BCUT2D eigenvalue weighted by molar-refractivity contribution is 5.79. The number of hydrogen-bond donors (Lipinski definition) is 1. The van der Waals surface area contributed by atoms with E-state index in [1.165, 1.54) is 30.4 Å². The van der Waals surface area contributed by atoms with Crippen LogP contribution in [0.4, 0.5) is 0 Å². The molecule has 0 aliphatic carbocycles. The van der Waals surface area contributed by atoms with Crippen LogP contribution < -0.4 is 5.32 Å². The van der Waals surface area contributed by atoms with Gasteiger partial charge >= 0.3 is 0 Å². The number of benzene rings is 2. The van der Waals surface area contributed by atoms with Crippen LogP contribution in [0.1, 0.15) is 50.7 Å². The van der Waals surface area contributed by atoms with Gasteiger partial charge in [-0.2, -0.15) is 0 Å². The van der Waals surface area contributed by atoms with Gasteiger partial charge in [0, 0.05) is 12.5 Å². The maximum atomic E-state index is 12.8. The monoisotopic (exact) mass is 351 g/mol. The topological polar surface area (TPSA) is 29.1 Å². The average molecular weight is 352 g/mol. The molecule has 0 aromatic heterocycles. The van der Waals surface area contributed by atoms with Gasteiger partial charge in [0.2, 0.25) is 5.91 Å². The number of carbonyl (C=O) groups excluding carboxylic acids is 1. The molecule has 0 saturated carbocycles. The Balaban J connectivity index is 1.93. The maximum Gasteiger partial charge on any atom is 0.223 e. The predicted octanol–water partition coefficient (Wildman–Crippen LogP) is 5.42. The molecule has 2 atom stereocenters. The molecule has 0 saturated heterocycles. The summed E-state index contributed by atoms with van der Waals surface area (Å²) < 4.78 is 0. The second-order valence-corrected chi connectivity index (χ2v) is 7.40. The van der Waals surface area contributed by atoms with Crippen LogP contribution >= 0.6 is 0 Å². The van der Waals surface area contributed by atoms with Crippen molar-refractivity contribution in [1.29, 1.82) is 0 Å². The van der Waals surface area contributed by atoms with Gasteiger partial charge in [0.15, 0.2) is 0 Å². The zero-order valence-corrected chi connectivity index (χ0v) is 16.3. The lowest BCUT2D eigenvalue weighted by molar-refractivity contribution is -0.125. The first-order valence-electron chi connectivity index (χ1n) is 10.0. The number of rotatable bonds is 11. The van der Waals surface area contributed by atoms with Crippen LogP contribution in [0.3, 0.4) is 0 Å². The first kappa shape index (κ1) is 20.2. The Morgan fingerprint density at radius 1 is 0.923 bits per heavy atom. The van der Waals surface area contributed by atoms with E-state index in [1.54, 1.807) is 0 Å². The summed E-state index contributed by atoms with van der Waals surface area (Å²) >= 11 is 0. The van der Waals surface area contributed by atoms with Gasteiger partial charge in [0.05, 0.1) is 0 Å². The Bertz CT molecular complexity index is 623. The predicted molar refractivity (Wildman–Crippen MR) is 110 cm³/mol. The molecule has 0 heterocycles. The van der Waals surface area contributed by atoms with Crippen molar-refractivity contribution >= 4 is 5.91 Å². The summed E-state index contributed by atoms with van der Waals surface area (Å²) in [6.07, 6.45) is 6.27. The molecule has 2 rings (SSSR count). The quantitative estimate of drug-likeness (QED) is 0.575. The fraction of sp³-hybridized carbons (Fsp3) is 0.458. The standard InChI is InChI=1S/C24H33NO/c1-3-4-11-20(2)19-25-24(26)23(18-22-14-9-6-10-15-22)17-16-21-12-7-5-8-13-21/h5-10,12-15,20,23H,3-4,11,16-19H2,1-2H3,(H,25,26)/t20-,23?/m0/s1. The Morgan fingerprint density at radius 3 is 2.15 bits per heavy atom. The fourth-order valence-corrected chi connectivity index (χ4v) is 3.28. The summed E-state index contributed by atoms with van der Waals surface area (Å²) in [5, 5.41) is 3.21. The Morgan fingerprint density at radius 2 is 1.54 bits per heavy atom. The zero-order valence-electron chi connectivity index (χ0n) is 16.3. The number of nitrogens with one attached hydrogen (secondary N) is 1. The van der Waals surface area contributed by atoms with Crippen molar-refractivity contribution in [1.82, 2.24) is 5.32 Å². The summed E-state index contributed by atoms with van der Waals surface area (Å²) in [5.41, 5.74) is 2.54. The molecule has 0 radical (unpaired) electrons. The number of hydrogen-bond acceptors (Lipinski definition) is 1. The van der Waals surface area contributed by atoms with Gasteiger partial charge in [0.1, 0.15) is 0 Å². The lowest BCUT2D eigenvalue weighted by Crippen LogP contribution is -2.35. The van der Waals surface area contributed by atoms with Crippen molar-refractivity contribution < 1.29 is 4.79 Å². The molecule has 2 heteroatoms. The molecule has 1 amide bonds. The van der Waals surface area contributed by atoms with E-state index in [0.717, 1.165) is 25.8 Å². The van der Waals surface area contributed by atoms with Crippen molar-refractivity contribution in [2.45, 2.75) is 52.4 Å². The smallest absolute Gasteiger partial charge is 0.223 e. The minimum absolute atomic E-state index is 0.0241. The largest absolute Gasteiger partial charge is 0.356 e. The van der Waals surface area contributed by atoms with E-state index in [9.17, 15) is 4.79 Å². The number of aryl methyl sites for hydroxylation is 1. The van der Waals surface area contributed by atoms with Gasteiger partial charge in [-0.25, -0.2) is 0 Å². The Hall–Kier alpha value is -2.09. The molecular formula is C24H33NO. The SMILES string of the molecule is CCCC[C@H](C)CNC(=O)C(CCc1ccccc1)Cc1ccccc1. The van der Waals surface area contributed by atoms with Crippen molar-refractivity contribution in [3.8, 4) is 0 Å². The van der Waals surface area contributed by atoms with Gasteiger partial charge in [0.25, 0.3) is 0 Å². The number of carbonyl (C=O) groups is 1. The highest BCUT2D eigenvalue weighted by Crippen LogP contribution is 2.17. The van der Waals surface area contributed by atoms with Gasteiger partial charge in [-0.3, -0.25) is 4.79 Å². The van der Waals surface area contributed by atoms with E-state index in [2.05, 4.69) is 55.6 Å². The molecule has 0 bridgehead atoms.